The molecule has 1 N–H and O–H groups in total. The fourth-order valence-electron chi connectivity index (χ4n) is 4.03. The molecule has 0 radical (unpaired) electrons. The number of ether oxygens (including phenoxy) is 1. The van der Waals surface area contributed by atoms with E-state index in [0.717, 1.165) is 30.7 Å². The van der Waals surface area contributed by atoms with Gasteiger partial charge in [0.2, 0.25) is 11.6 Å². The first kappa shape index (κ1) is 18.5. The number of carbonyl (C=O) groups is 1. The number of benzene rings is 1. The third-order valence-corrected chi connectivity index (χ3v) is 5.74. The predicted octanol–water partition coefficient (Wildman–Crippen LogP) is 2.11. The molecule has 2 aliphatic rings. The van der Waals surface area contributed by atoms with Crippen molar-refractivity contribution < 1.29 is 9.53 Å². The summed E-state index contributed by atoms with van der Waals surface area (Å²) < 4.78 is 6.71. The lowest BCUT2D eigenvalue weighted by Gasteiger charge is -2.29. The Morgan fingerprint density at radius 1 is 1.14 bits per heavy atom. The van der Waals surface area contributed by atoms with Crippen molar-refractivity contribution in [2.24, 2.45) is 5.92 Å². The number of methoxy groups -OCH3 is 1. The fraction of sp³-hybridized carbons (Fsp3) is 0.500. The number of hydrogen-bond acceptors (Lipinski definition) is 6. The first-order chi connectivity index (χ1) is 13.6. The van der Waals surface area contributed by atoms with Crippen LogP contribution in [-0.2, 0) is 6.54 Å². The van der Waals surface area contributed by atoms with Crippen LogP contribution in [0.4, 0.5) is 11.6 Å². The van der Waals surface area contributed by atoms with E-state index < -0.39 is 5.91 Å². The number of carbonyl (C=O) groups excluding carboxylic acids is 1. The Morgan fingerprint density at radius 3 is 2.61 bits per heavy atom. The van der Waals surface area contributed by atoms with Crippen molar-refractivity contribution in [2.45, 2.75) is 45.2 Å². The van der Waals surface area contributed by atoms with E-state index in [1.54, 1.807) is 7.11 Å². The van der Waals surface area contributed by atoms with E-state index in [1.807, 2.05) is 29.2 Å². The molecule has 4 rings (SSSR count). The molecule has 0 spiro atoms. The number of anilines is 2. The summed E-state index contributed by atoms with van der Waals surface area (Å²) in [5.41, 5.74) is 0.383. The Hall–Kier alpha value is -2.90. The van der Waals surface area contributed by atoms with Crippen LogP contribution >= 0.6 is 0 Å². The third-order valence-electron chi connectivity index (χ3n) is 5.74. The molecule has 1 aromatic heterocycles. The van der Waals surface area contributed by atoms with Gasteiger partial charge in [-0.2, -0.15) is 0 Å². The molecule has 1 saturated carbocycles. The second-order valence-corrected chi connectivity index (χ2v) is 7.50. The zero-order valence-electron chi connectivity index (χ0n) is 16.2. The molecule has 1 aliphatic heterocycles. The molecular weight excluding hydrogens is 358 g/mol. The van der Waals surface area contributed by atoms with Crippen LogP contribution in [0.3, 0.4) is 0 Å². The normalized spacial score (nSPS) is 21.3. The average molecular weight is 383 g/mol. The molecule has 0 bridgehead atoms. The zero-order chi connectivity index (χ0) is 19.7. The van der Waals surface area contributed by atoms with Gasteiger partial charge in [0.1, 0.15) is 5.75 Å². The number of fused-ring (bicyclic) bond motifs is 1. The summed E-state index contributed by atoms with van der Waals surface area (Å²) in [6, 6.07) is 7.63. The lowest BCUT2D eigenvalue weighted by atomic mass is 9.86. The summed E-state index contributed by atoms with van der Waals surface area (Å²) >= 11 is 0. The molecule has 2 aromatic rings. The number of nitrogens with zero attached hydrogens (tertiary/aromatic N) is 4. The van der Waals surface area contributed by atoms with Gasteiger partial charge >= 0.3 is 0 Å². The average Bonchev–Trinajstić information content (AvgIpc) is 3.15. The highest BCUT2D eigenvalue weighted by Gasteiger charge is 2.29. The summed E-state index contributed by atoms with van der Waals surface area (Å²) in [4.78, 5) is 27.4. The van der Waals surface area contributed by atoms with Gasteiger partial charge in [-0.15, -0.1) is 10.2 Å². The van der Waals surface area contributed by atoms with Gasteiger partial charge in [0.05, 0.1) is 7.11 Å². The highest BCUT2D eigenvalue weighted by Crippen LogP contribution is 2.28. The zero-order valence-corrected chi connectivity index (χ0v) is 16.2. The smallest absolute Gasteiger partial charge is 0.286 e. The minimum absolute atomic E-state index is 0.0940. The minimum atomic E-state index is -0.422. The highest BCUT2D eigenvalue weighted by atomic mass is 16.5. The van der Waals surface area contributed by atoms with Crippen LogP contribution in [-0.4, -0.2) is 40.4 Å². The van der Waals surface area contributed by atoms with Gasteiger partial charge in [-0.1, -0.05) is 19.8 Å². The predicted molar refractivity (Wildman–Crippen MR) is 105 cm³/mol. The van der Waals surface area contributed by atoms with Crippen molar-refractivity contribution in [3.05, 3.63) is 40.3 Å². The molecule has 8 heteroatoms. The van der Waals surface area contributed by atoms with Crippen LogP contribution in [0.25, 0.3) is 0 Å². The number of rotatable bonds is 4. The lowest BCUT2D eigenvalue weighted by molar-refractivity contribution is 0.0901. The Balaban J connectivity index is 1.56. The van der Waals surface area contributed by atoms with E-state index in [4.69, 9.17) is 4.74 Å². The molecule has 8 nitrogen and oxygen atoms in total. The van der Waals surface area contributed by atoms with Gasteiger partial charge in [0, 0.05) is 24.8 Å². The van der Waals surface area contributed by atoms with Gasteiger partial charge < -0.3 is 15.0 Å². The lowest BCUT2D eigenvalue weighted by Crippen LogP contribution is -2.44. The highest BCUT2D eigenvalue weighted by molar-refractivity contribution is 5.92. The summed E-state index contributed by atoms with van der Waals surface area (Å²) in [5, 5.41) is 11.2. The Bertz CT molecular complexity index is 924. The molecule has 2 unspecified atom stereocenters. The van der Waals surface area contributed by atoms with E-state index in [-0.39, 0.29) is 17.3 Å². The number of amides is 1. The van der Waals surface area contributed by atoms with Crippen LogP contribution in [0, 0.1) is 5.92 Å². The van der Waals surface area contributed by atoms with E-state index in [0.29, 0.717) is 25.0 Å². The molecule has 28 heavy (non-hydrogen) atoms. The third kappa shape index (κ3) is 3.34. The van der Waals surface area contributed by atoms with Crippen LogP contribution in [0.15, 0.2) is 29.1 Å². The molecule has 0 saturated heterocycles. The number of aromatic nitrogens is 3. The maximum atomic E-state index is 12.9. The molecule has 1 amide bonds. The van der Waals surface area contributed by atoms with Gasteiger partial charge in [0.15, 0.2) is 0 Å². The second-order valence-electron chi connectivity index (χ2n) is 7.50. The minimum Gasteiger partial charge on any atom is -0.497 e. The first-order valence-electron chi connectivity index (χ1n) is 9.78. The Labute approximate surface area is 163 Å². The topological polar surface area (TPSA) is 89.3 Å². The van der Waals surface area contributed by atoms with Crippen molar-refractivity contribution in [3.63, 3.8) is 0 Å². The van der Waals surface area contributed by atoms with E-state index in [9.17, 15) is 9.59 Å². The summed E-state index contributed by atoms with van der Waals surface area (Å²) in [5.74, 6) is 1.20. The second kappa shape index (κ2) is 7.61. The summed E-state index contributed by atoms with van der Waals surface area (Å²) in [6.07, 6.45) is 4.32. The molecule has 1 fully saturated rings. The molecule has 1 aliphatic carbocycles. The van der Waals surface area contributed by atoms with Gasteiger partial charge in [0.25, 0.3) is 11.5 Å². The van der Waals surface area contributed by atoms with Crippen molar-refractivity contribution in [1.29, 1.82) is 0 Å². The van der Waals surface area contributed by atoms with Crippen molar-refractivity contribution >= 4 is 17.5 Å². The quantitative estimate of drug-likeness (QED) is 0.870. The van der Waals surface area contributed by atoms with Crippen LogP contribution < -0.4 is 20.5 Å². The van der Waals surface area contributed by atoms with Gasteiger partial charge in [-0.25, -0.2) is 0 Å². The van der Waals surface area contributed by atoms with Crippen molar-refractivity contribution in [2.75, 3.05) is 18.6 Å². The molecule has 1 aromatic carbocycles. The largest absolute Gasteiger partial charge is 0.497 e. The maximum Gasteiger partial charge on any atom is 0.286 e. The number of nitrogens with one attached hydrogen (secondary N) is 1. The summed E-state index contributed by atoms with van der Waals surface area (Å²) in [7, 11) is 1.62. The standard InChI is InChI=1S/C20H25N5O3/c1-13-5-3-4-6-16(13)21-18(26)17-19(27)25-12-11-24(20(25)23-22-17)14-7-9-15(28-2)10-8-14/h7-10,13,16H,3-6,11-12H2,1-2H3,(H,21,26). The van der Waals surface area contributed by atoms with Crippen molar-refractivity contribution in [3.8, 4) is 5.75 Å². The van der Waals surface area contributed by atoms with E-state index in [2.05, 4.69) is 22.4 Å². The molecular formula is C20H25N5O3. The SMILES string of the molecule is COc1ccc(N2CCn3c2nnc(C(=O)NC2CCCCC2C)c3=O)cc1. The monoisotopic (exact) mass is 383 g/mol. The van der Waals surface area contributed by atoms with Crippen LogP contribution in [0.1, 0.15) is 43.1 Å². The van der Waals surface area contributed by atoms with E-state index >= 15 is 0 Å². The fourth-order valence-corrected chi connectivity index (χ4v) is 4.03. The van der Waals surface area contributed by atoms with Gasteiger partial charge in [-0.3, -0.25) is 14.2 Å². The first-order valence-corrected chi connectivity index (χ1v) is 9.78. The Morgan fingerprint density at radius 2 is 1.89 bits per heavy atom. The molecule has 2 atom stereocenters. The molecule has 148 valence electrons. The van der Waals surface area contributed by atoms with Crippen LogP contribution in [0.2, 0.25) is 0 Å². The Kier molecular flexibility index (Phi) is 5.02. The van der Waals surface area contributed by atoms with Crippen molar-refractivity contribution in [1.82, 2.24) is 20.1 Å². The number of hydrogen-bond donors (Lipinski definition) is 1. The van der Waals surface area contributed by atoms with Crippen LogP contribution in [0.5, 0.6) is 5.75 Å². The summed E-state index contributed by atoms with van der Waals surface area (Å²) in [6.45, 7) is 3.20. The van der Waals surface area contributed by atoms with Gasteiger partial charge in [-0.05, 0) is 43.0 Å². The molecule has 2 heterocycles. The maximum absolute atomic E-state index is 12.9. The van der Waals surface area contributed by atoms with E-state index in [1.165, 1.54) is 11.0 Å².